The second kappa shape index (κ2) is 7.30. The molecule has 2 aliphatic rings. The lowest BCUT2D eigenvalue weighted by Crippen LogP contribution is -2.58. The molecule has 2 N–H and O–H groups in total. The van der Waals surface area contributed by atoms with Gasteiger partial charge in [-0.05, 0) is 23.8 Å². The highest BCUT2D eigenvalue weighted by Crippen LogP contribution is 2.33. The van der Waals surface area contributed by atoms with Gasteiger partial charge in [0.15, 0.2) is 5.65 Å². The molecule has 31 heavy (non-hydrogen) atoms. The van der Waals surface area contributed by atoms with Crippen molar-refractivity contribution in [1.82, 2.24) is 19.9 Å². The molecule has 5 rings (SSSR count). The predicted octanol–water partition coefficient (Wildman–Crippen LogP) is 3.22. The molecular formula is C19H15F2N5O4S. The summed E-state index contributed by atoms with van der Waals surface area (Å²) < 4.78 is 33.6. The topological polar surface area (TPSA) is 111 Å². The van der Waals surface area contributed by atoms with Gasteiger partial charge in [-0.15, -0.1) is 0 Å². The monoisotopic (exact) mass is 447 g/mol. The summed E-state index contributed by atoms with van der Waals surface area (Å²) in [6.45, 7) is 0.617. The van der Waals surface area contributed by atoms with E-state index in [1.807, 2.05) is 0 Å². The van der Waals surface area contributed by atoms with Crippen LogP contribution in [0, 0.1) is 11.6 Å². The number of carbonyl (C=O) groups excluding carboxylic acids is 1. The van der Waals surface area contributed by atoms with Crippen molar-refractivity contribution in [2.45, 2.75) is 18.6 Å². The van der Waals surface area contributed by atoms with Gasteiger partial charge in [-0.3, -0.25) is 0 Å². The van der Waals surface area contributed by atoms with Gasteiger partial charge in [-0.25, -0.2) is 23.4 Å². The van der Waals surface area contributed by atoms with Gasteiger partial charge in [0.05, 0.1) is 23.8 Å². The largest absolute Gasteiger partial charge is 0.477 e. The number of likely N-dealkylation sites (tertiary alicyclic amines) is 1. The van der Waals surface area contributed by atoms with Crippen molar-refractivity contribution in [3.8, 4) is 5.19 Å². The molecule has 160 valence electrons. The molecule has 0 spiro atoms. The van der Waals surface area contributed by atoms with Crippen molar-refractivity contribution in [1.29, 1.82) is 0 Å². The Morgan fingerprint density at radius 1 is 1.19 bits per heavy atom. The maximum atomic E-state index is 13.6. The Labute approximate surface area is 177 Å². The van der Waals surface area contributed by atoms with E-state index in [-0.39, 0.29) is 17.8 Å². The highest BCUT2D eigenvalue weighted by Gasteiger charge is 2.39. The summed E-state index contributed by atoms with van der Waals surface area (Å²) in [5, 5.41) is 14.7. The number of urea groups is 1. The fourth-order valence-electron chi connectivity index (χ4n) is 3.56. The van der Waals surface area contributed by atoms with Gasteiger partial charge >= 0.3 is 12.0 Å². The summed E-state index contributed by atoms with van der Waals surface area (Å²) in [6.07, 6.45) is 1.64. The van der Waals surface area contributed by atoms with Gasteiger partial charge in [-0.1, -0.05) is 11.3 Å². The zero-order valence-corrected chi connectivity index (χ0v) is 16.6. The molecule has 0 radical (unpaired) electrons. The second-order valence-corrected chi connectivity index (χ2v) is 8.20. The smallest absolute Gasteiger partial charge is 0.352 e. The van der Waals surface area contributed by atoms with E-state index in [0.717, 1.165) is 6.07 Å². The Morgan fingerprint density at radius 3 is 2.61 bits per heavy atom. The number of fused-ring (bicyclic) bond motifs is 1. The number of aromatic nitrogens is 2. The number of ether oxygens (including phenoxy) is 1. The number of aromatic carboxylic acids is 1. The van der Waals surface area contributed by atoms with Crippen molar-refractivity contribution in [2.24, 2.45) is 5.10 Å². The molecule has 9 nitrogen and oxygen atoms in total. The van der Waals surface area contributed by atoms with Crippen LogP contribution in [0.1, 0.15) is 28.5 Å². The van der Waals surface area contributed by atoms with Crippen molar-refractivity contribution in [2.75, 3.05) is 13.1 Å². The van der Waals surface area contributed by atoms with Crippen molar-refractivity contribution < 1.29 is 28.2 Å². The molecule has 12 heteroatoms. The van der Waals surface area contributed by atoms with E-state index in [4.69, 9.17) is 9.84 Å². The Hall–Kier alpha value is -3.54. The van der Waals surface area contributed by atoms with E-state index in [1.165, 1.54) is 39.4 Å². The van der Waals surface area contributed by atoms with Crippen molar-refractivity contribution in [3.63, 3.8) is 0 Å². The van der Waals surface area contributed by atoms with E-state index in [2.05, 4.69) is 15.1 Å². The van der Waals surface area contributed by atoms with Gasteiger partial charge in [0, 0.05) is 18.7 Å². The summed E-state index contributed by atoms with van der Waals surface area (Å²) in [6, 6.07) is 3.72. The molecule has 1 saturated heterocycles. The van der Waals surface area contributed by atoms with Crippen LogP contribution in [0.2, 0.25) is 0 Å². The second-order valence-electron chi connectivity index (χ2n) is 7.21. The van der Waals surface area contributed by atoms with Crippen LogP contribution in [0.3, 0.4) is 0 Å². The number of aromatic amines is 1. The Bertz CT molecular complexity index is 1170. The molecule has 2 aliphatic heterocycles. The summed E-state index contributed by atoms with van der Waals surface area (Å²) in [7, 11) is 0. The first-order valence-corrected chi connectivity index (χ1v) is 10.1. The Kier molecular flexibility index (Phi) is 4.58. The molecule has 1 atom stereocenters. The van der Waals surface area contributed by atoms with E-state index >= 15 is 0 Å². The van der Waals surface area contributed by atoms with Gasteiger partial charge < -0.3 is 19.7 Å². The molecule has 0 bridgehead atoms. The normalized spacial score (nSPS) is 18.6. The van der Waals surface area contributed by atoms with Crippen molar-refractivity contribution >= 4 is 39.9 Å². The van der Waals surface area contributed by atoms with E-state index in [0.29, 0.717) is 40.6 Å². The molecule has 1 fully saturated rings. The van der Waals surface area contributed by atoms with Gasteiger partial charge in [0.1, 0.15) is 23.4 Å². The van der Waals surface area contributed by atoms with Gasteiger partial charge in [-0.2, -0.15) is 10.1 Å². The number of carboxylic acids is 1. The lowest BCUT2D eigenvalue weighted by molar-refractivity contribution is 0.0277. The molecule has 1 unspecified atom stereocenters. The van der Waals surface area contributed by atoms with Crippen LogP contribution in [0.25, 0.3) is 10.3 Å². The average molecular weight is 447 g/mol. The number of nitrogens with one attached hydrogen (secondary N) is 1. The highest BCUT2D eigenvalue weighted by atomic mass is 32.1. The third-order valence-electron chi connectivity index (χ3n) is 5.07. The number of hydrogen-bond acceptors (Lipinski definition) is 6. The summed E-state index contributed by atoms with van der Waals surface area (Å²) in [5.74, 6) is -2.48. The van der Waals surface area contributed by atoms with Crippen LogP contribution in [-0.4, -0.2) is 62.4 Å². The number of rotatable bonds is 4. The maximum absolute atomic E-state index is 13.6. The van der Waals surface area contributed by atoms with Crippen LogP contribution in [-0.2, 0) is 0 Å². The van der Waals surface area contributed by atoms with E-state index in [1.54, 1.807) is 6.21 Å². The minimum atomic E-state index is -1.07. The third-order valence-corrected chi connectivity index (χ3v) is 5.97. The Balaban J connectivity index is 1.21. The first-order chi connectivity index (χ1) is 14.9. The maximum Gasteiger partial charge on any atom is 0.352 e. The van der Waals surface area contributed by atoms with Crippen LogP contribution < -0.4 is 4.74 Å². The van der Waals surface area contributed by atoms with Crippen LogP contribution in [0.4, 0.5) is 13.6 Å². The predicted molar refractivity (Wildman–Crippen MR) is 106 cm³/mol. The molecule has 0 aliphatic carbocycles. The number of hydrazone groups is 1. The Morgan fingerprint density at radius 2 is 1.94 bits per heavy atom. The quantitative estimate of drug-likeness (QED) is 0.638. The number of thiazole rings is 1. The minimum absolute atomic E-state index is 0.0552. The first kappa shape index (κ1) is 19.4. The standard InChI is InChI=1S/C19H15F2N5O4S/c20-10-3-9(4-11(21)5-10)14-1-2-22-26(14)19(29)25-7-12(8-25)30-18-24-16-15(31-18)6-13(23-16)17(27)28/h2-6,12,14,23H,1,7-8H2,(H,27,28). The number of carboxylic acid groups (broad SMARTS) is 1. The van der Waals surface area contributed by atoms with Crippen LogP contribution in [0.15, 0.2) is 29.4 Å². The molecule has 3 aromatic rings. The zero-order valence-electron chi connectivity index (χ0n) is 15.8. The number of amides is 2. The number of carbonyl (C=O) groups is 2. The fourth-order valence-corrected chi connectivity index (χ4v) is 4.44. The van der Waals surface area contributed by atoms with Gasteiger partial charge in [0.2, 0.25) is 0 Å². The SMILES string of the molecule is O=C(O)c1cc2sc(OC3CN(C(=O)N4N=CCC4c4cc(F)cc(F)c4)C3)nc2[nH]1. The molecule has 2 aromatic heterocycles. The third kappa shape index (κ3) is 3.58. The first-order valence-electron chi connectivity index (χ1n) is 9.33. The van der Waals surface area contributed by atoms with Gasteiger partial charge in [0.25, 0.3) is 5.19 Å². The number of nitrogens with zero attached hydrogens (tertiary/aromatic N) is 4. The summed E-state index contributed by atoms with van der Waals surface area (Å²) in [4.78, 5) is 32.2. The number of halogens is 2. The fraction of sp³-hybridized carbons (Fsp3) is 0.263. The zero-order chi connectivity index (χ0) is 21.7. The summed E-state index contributed by atoms with van der Waals surface area (Å²) in [5.41, 5.74) is 0.830. The van der Waals surface area contributed by atoms with Crippen LogP contribution >= 0.6 is 11.3 Å². The highest BCUT2D eigenvalue weighted by molar-refractivity contribution is 7.20. The molecular weight excluding hydrogens is 432 g/mol. The molecule has 1 aromatic carbocycles. The average Bonchev–Trinajstić information content (AvgIpc) is 3.37. The molecule has 4 heterocycles. The van der Waals surface area contributed by atoms with Crippen molar-refractivity contribution in [3.05, 3.63) is 47.2 Å². The number of H-pyrrole nitrogens is 1. The number of hydrogen-bond donors (Lipinski definition) is 2. The number of benzene rings is 1. The molecule has 2 amide bonds. The molecule has 0 saturated carbocycles. The van der Waals surface area contributed by atoms with E-state index < -0.39 is 23.6 Å². The van der Waals surface area contributed by atoms with E-state index in [9.17, 15) is 18.4 Å². The summed E-state index contributed by atoms with van der Waals surface area (Å²) >= 11 is 1.21. The lowest BCUT2D eigenvalue weighted by Gasteiger charge is -2.40. The van der Waals surface area contributed by atoms with Crippen LogP contribution in [0.5, 0.6) is 5.19 Å². The minimum Gasteiger partial charge on any atom is -0.477 e. The lowest BCUT2D eigenvalue weighted by atomic mass is 10.0.